The maximum Gasteiger partial charge on any atom is 0.136 e. The van der Waals surface area contributed by atoms with E-state index in [-0.39, 0.29) is 5.41 Å². The predicted octanol–water partition coefficient (Wildman–Crippen LogP) is 8.69. The van der Waals surface area contributed by atoms with Gasteiger partial charge in [0, 0.05) is 17.2 Å². The third-order valence-corrected chi connectivity index (χ3v) is 12.4. The Kier molecular flexibility index (Phi) is 7.10. The van der Waals surface area contributed by atoms with E-state index >= 15 is 0 Å². The molecule has 0 bridgehead atoms. The van der Waals surface area contributed by atoms with Crippen LogP contribution in [-0.4, -0.2) is 10.6 Å². The molecule has 0 aromatic carbocycles. The molecule has 4 saturated carbocycles. The van der Waals surface area contributed by atoms with Crippen molar-refractivity contribution in [3.05, 3.63) is 0 Å². The van der Waals surface area contributed by atoms with Gasteiger partial charge in [-0.25, -0.2) is 0 Å². The van der Waals surface area contributed by atoms with Crippen molar-refractivity contribution >= 4 is 21.7 Å². The number of halogens is 1. The van der Waals surface area contributed by atoms with Gasteiger partial charge < -0.3 is 0 Å². The third-order valence-electron chi connectivity index (χ3n) is 11.6. The van der Waals surface area contributed by atoms with Gasteiger partial charge in [0.15, 0.2) is 0 Å². The molecular formula is C29H49BrO. The number of Topliss-reactive ketones (excluding diaryl/α,β-unsaturated/α-hetero) is 1. The van der Waals surface area contributed by atoms with Crippen molar-refractivity contribution in [2.45, 2.75) is 117 Å². The van der Waals surface area contributed by atoms with Crippen LogP contribution in [0.5, 0.6) is 0 Å². The lowest BCUT2D eigenvalue weighted by molar-refractivity contribution is -0.154. The van der Waals surface area contributed by atoms with E-state index in [1.54, 1.807) is 0 Å². The minimum Gasteiger partial charge on any atom is -0.299 e. The van der Waals surface area contributed by atoms with Crippen molar-refractivity contribution in [3.8, 4) is 0 Å². The highest BCUT2D eigenvalue weighted by atomic mass is 79.9. The lowest BCUT2D eigenvalue weighted by Crippen LogP contribution is -2.56. The van der Waals surface area contributed by atoms with Crippen molar-refractivity contribution in [1.29, 1.82) is 0 Å². The highest BCUT2D eigenvalue weighted by Gasteiger charge is 2.62. The fourth-order valence-electron chi connectivity index (χ4n) is 9.66. The second-order valence-corrected chi connectivity index (χ2v) is 14.5. The predicted molar refractivity (Wildman–Crippen MR) is 135 cm³/mol. The summed E-state index contributed by atoms with van der Waals surface area (Å²) >= 11 is 3.85. The maximum atomic E-state index is 13.4. The van der Waals surface area contributed by atoms with Crippen LogP contribution in [0.25, 0.3) is 0 Å². The van der Waals surface area contributed by atoms with Crippen LogP contribution in [-0.2, 0) is 4.79 Å². The molecule has 0 N–H and O–H groups in total. The molecule has 4 rings (SSSR count). The molecule has 0 aromatic heterocycles. The van der Waals surface area contributed by atoms with Gasteiger partial charge >= 0.3 is 0 Å². The van der Waals surface area contributed by atoms with Crippen LogP contribution in [0.2, 0.25) is 0 Å². The van der Waals surface area contributed by atoms with Gasteiger partial charge in [-0.1, -0.05) is 70.3 Å². The Balaban J connectivity index is 1.49. The molecule has 0 heterocycles. The van der Waals surface area contributed by atoms with Gasteiger partial charge in [0.05, 0.1) is 0 Å². The minimum absolute atomic E-state index is 0.279. The van der Waals surface area contributed by atoms with E-state index in [1.165, 1.54) is 57.8 Å². The van der Waals surface area contributed by atoms with Gasteiger partial charge in [-0.3, -0.25) is 4.79 Å². The number of ketones is 1. The van der Waals surface area contributed by atoms with Crippen LogP contribution in [0, 0.1) is 58.2 Å². The normalized spacial score (nSPS) is 46.9. The summed E-state index contributed by atoms with van der Waals surface area (Å²) in [5.74, 6) is 6.65. The average molecular weight is 494 g/mol. The Morgan fingerprint density at radius 3 is 2.32 bits per heavy atom. The molecule has 178 valence electrons. The zero-order valence-corrected chi connectivity index (χ0v) is 22.8. The summed E-state index contributed by atoms with van der Waals surface area (Å²) in [6, 6.07) is 0. The SMILES string of the molecule is CC[C@H](CC[C@@H](C)[C@H]1CC[C@H]2[C@H]3CC(=O)[C@H]4C[C@@H](Br)CC[C@]4(C)[C@@H]3CC[C@]12C)C(C)C. The van der Waals surface area contributed by atoms with Gasteiger partial charge in [0.1, 0.15) is 5.78 Å². The first kappa shape index (κ1) is 24.3. The van der Waals surface area contributed by atoms with Gasteiger partial charge in [-0.2, -0.15) is 0 Å². The first-order valence-corrected chi connectivity index (χ1v) is 14.7. The van der Waals surface area contributed by atoms with Crippen molar-refractivity contribution in [2.75, 3.05) is 0 Å². The lowest BCUT2D eigenvalue weighted by atomic mass is 9.44. The summed E-state index contributed by atoms with van der Waals surface area (Å²) in [4.78, 5) is 14.0. The molecule has 4 fully saturated rings. The summed E-state index contributed by atoms with van der Waals surface area (Å²) in [7, 11) is 0. The number of hydrogen-bond acceptors (Lipinski definition) is 1. The molecule has 0 spiro atoms. The van der Waals surface area contributed by atoms with Crippen LogP contribution in [0.3, 0.4) is 0 Å². The molecule has 31 heavy (non-hydrogen) atoms. The van der Waals surface area contributed by atoms with E-state index in [0.29, 0.717) is 27.9 Å². The standard InChI is InChI=1S/C29H49BrO/c1-7-20(18(2)3)9-8-19(4)23-10-11-24-22-17-27(31)26-16-21(30)12-14-29(26,6)25(22)13-15-28(23,24)5/h18-26H,7-17H2,1-6H3/t19-,20-,21+,22-,23-,24+,25-,26-,28-,29-/m1/s1. The van der Waals surface area contributed by atoms with E-state index in [0.717, 1.165) is 48.3 Å². The van der Waals surface area contributed by atoms with Crippen LogP contribution in [0.4, 0.5) is 0 Å². The lowest BCUT2D eigenvalue weighted by Gasteiger charge is -2.60. The molecule has 0 amide bonds. The Morgan fingerprint density at radius 1 is 0.968 bits per heavy atom. The van der Waals surface area contributed by atoms with Crippen molar-refractivity contribution in [3.63, 3.8) is 0 Å². The zero-order valence-electron chi connectivity index (χ0n) is 21.3. The molecule has 0 saturated heterocycles. The molecule has 2 heteroatoms. The Labute approximate surface area is 201 Å². The summed E-state index contributed by atoms with van der Waals surface area (Å²) in [5.41, 5.74) is 0.761. The smallest absolute Gasteiger partial charge is 0.136 e. The van der Waals surface area contributed by atoms with Crippen LogP contribution >= 0.6 is 15.9 Å². The average Bonchev–Trinajstić information content (AvgIpc) is 3.07. The summed E-state index contributed by atoms with van der Waals surface area (Å²) < 4.78 is 0. The van der Waals surface area contributed by atoms with Crippen LogP contribution < -0.4 is 0 Å². The molecule has 1 nitrogen and oxygen atoms in total. The maximum absolute atomic E-state index is 13.4. The summed E-state index contributed by atoms with van der Waals surface area (Å²) in [6.07, 6.45) is 14.3. The van der Waals surface area contributed by atoms with Crippen LogP contribution in [0.15, 0.2) is 0 Å². The Bertz CT molecular complexity index is 657. The van der Waals surface area contributed by atoms with E-state index in [2.05, 4.69) is 57.5 Å². The molecule has 0 radical (unpaired) electrons. The highest BCUT2D eigenvalue weighted by Crippen LogP contribution is 2.68. The number of rotatable bonds is 6. The number of carbonyl (C=O) groups excluding carboxylic acids is 1. The second kappa shape index (κ2) is 9.07. The second-order valence-electron chi connectivity index (χ2n) is 13.2. The number of fused-ring (bicyclic) bond motifs is 5. The molecular weight excluding hydrogens is 444 g/mol. The largest absolute Gasteiger partial charge is 0.299 e. The van der Waals surface area contributed by atoms with E-state index in [4.69, 9.17) is 0 Å². The zero-order chi connectivity index (χ0) is 22.6. The Hall–Kier alpha value is 0.150. The molecule has 0 aromatic rings. The fraction of sp³-hybridized carbons (Fsp3) is 0.966. The van der Waals surface area contributed by atoms with E-state index in [9.17, 15) is 4.79 Å². The van der Waals surface area contributed by atoms with Crippen molar-refractivity contribution < 1.29 is 4.79 Å². The first-order valence-electron chi connectivity index (χ1n) is 13.8. The topological polar surface area (TPSA) is 17.1 Å². The number of alkyl halides is 1. The fourth-order valence-corrected chi connectivity index (χ4v) is 10.3. The third kappa shape index (κ3) is 4.12. The van der Waals surface area contributed by atoms with Gasteiger partial charge in [0.25, 0.3) is 0 Å². The summed E-state index contributed by atoms with van der Waals surface area (Å²) in [5, 5.41) is 0. The van der Waals surface area contributed by atoms with Gasteiger partial charge in [-0.05, 0) is 104 Å². The first-order chi connectivity index (χ1) is 14.6. The molecule has 4 aliphatic rings. The molecule has 0 aliphatic heterocycles. The molecule has 0 unspecified atom stereocenters. The monoisotopic (exact) mass is 492 g/mol. The highest BCUT2D eigenvalue weighted by molar-refractivity contribution is 9.09. The van der Waals surface area contributed by atoms with E-state index < -0.39 is 0 Å². The number of carbonyl (C=O) groups is 1. The van der Waals surface area contributed by atoms with Gasteiger partial charge in [-0.15, -0.1) is 0 Å². The molecule has 4 aliphatic carbocycles. The summed E-state index contributed by atoms with van der Waals surface area (Å²) in [6.45, 7) is 14.9. The van der Waals surface area contributed by atoms with Crippen molar-refractivity contribution in [1.82, 2.24) is 0 Å². The Morgan fingerprint density at radius 2 is 1.65 bits per heavy atom. The van der Waals surface area contributed by atoms with E-state index in [1.807, 2.05) is 0 Å². The number of hydrogen-bond donors (Lipinski definition) is 0. The quantitative estimate of drug-likeness (QED) is 0.338. The minimum atomic E-state index is 0.279. The molecule has 10 atom stereocenters. The van der Waals surface area contributed by atoms with Gasteiger partial charge in [0.2, 0.25) is 0 Å². The van der Waals surface area contributed by atoms with Crippen molar-refractivity contribution in [2.24, 2.45) is 58.2 Å². The van der Waals surface area contributed by atoms with Crippen LogP contribution in [0.1, 0.15) is 112 Å².